The molecule has 0 aliphatic rings. The average molecular weight is 318 g/mol. The fraction of sp³-hybridized carbons (Fsp3) is 0. The highest BCUT2D eigenvalue weighted by molar-refractivity contribution is 9.11. The summed E-state index contributed by atoms with van der Waals surface area (Å²) in [7, 11) is 0. The second-order valence-corrected chi connectivity index (χ2v) is 5.72. The molecule has 2 aromatic rings. The molecule has 0 saturated heterocycles. The monoisotopic (exact) mass is 317 g/mol. The van der Waals surface area contributed by atoms with Gasteiger partial charge in [-0.15, -0.1) is 11.3 Å². The number of ketones is 1. The SMILES string of the molecule is Nc1ccc(F)c(C(=O)c2ccc(Br)s2)c1F. The van der Waals surface area contributed by atoms with Gasteiger partial charge in [-0.1, -0.05) is 0 Å². The maximum Gasteiger partial charge on any atom is 0.208 e. The molecular weight excluding hydrogens is 312 g/mol. The summed E-state index contributed by atoms with van der Waals surface area (Å²) in [5.41, 5.74) is 4.45. The lowest BCUT2D eigenvalue weighted by molar-refractivity contribution is 0.103. The Bertz CT molecular complexity index is 597. The molecule has 0 bridgehead atoms. The molecule has 0 unspecified atom stereocenters. The van der Waals surface area contributed by atoms with E-state index in [-0.39, 0.29) is 10.6 Å². The second-order valence-electron chi connectivity index (χ2n) is 3.26. The van der Waals surface area contributed by atoms with Crippen molar-refractivity contribution >= 4 is 38.7 Å². The molecule has 0 spiro atoms. The topological polar surface area (TPSA) is 43.1 Å². The summed E-state index contributed by atoms with van der Waals surface area (Å²) in [4.78, 5) is 12.2. The van der Waals surface area contributed by atoms with Crippen molar-refractivity contribution in [1.82, 2.24) is 0 Å². The highest BCUT2D eigenvalue weighted by atomic mass is 79.9. The molecule has 2 N–H and O–H groups in total. The molecule has 1 heterocycles. The van der Waals surface area contributed by atoms with Crippen LogP contribution in [-0.4, -0.2) is 5.78 Å². The number of anilines is 1. The minimum atomic E-state index is -1.01. The minimum absolute atomic E-state index is 0.245. The number of hydrogen-bond acceptors (Lipinski definition) is 3. The van der Waals surface area contributed by atoms with Crippen LogP contribution in [0.25, 0.3) is 0 Å². The predicted molar refractivity (Wildman–Crippen MR) is 66.2 cm³/mol. The summed E-state index contributed by atoms with van der Waals surface area (Å²) in [5.74, 6) is -2.63. The van der Waals surface area contributed by atoms with Crippen molar-refractivity contribution in [3.63, 3.8) is 0 Å². The Labute approximate surface area is 108 Å². The highest BCUT2D eigenvalue weighted by Gasteiger charge is 2.22. The maximum atomic E-state index is 13.6. The fourth-order valence-electron chi connectivity index (χ4n) is 1.34. The molecule has 6 heteroatoms. The van der Waals surface area contributed by atoms with Gasteiger partial charge in [0, 0.05) is 0 Å². The quantitative estimate of drug-likeness (QED) is 0.679. The summed E-state index contributed by atoms with van der Waals surface area (Å²) < 4.78 is 27.8. The average Bonchev–Trinajstić information content (AvgIpc) is 2.71. The number of nitrogens with two attached hydrogens (primary N) is 1. The molecule has 0 amide bonds. The van der Waals surface area contributed by atoms with Crippen LogP contribution in [-0.2, 0) is 0 Å². The van der Waals surface area contributed by atoms with Crippen molar-refractivity contribution in [2.75, 3.05) is 5.73 Å². The Morgan fingerprint density at radius 3 is 2.53 bits per heavy atom. The van der Waals surface area contributed by atoms with Gasteiger partial charge in [0.1, 0.15) is 5.82 Å². The summed E-state index contributed by atoms with van der Waals surface area (Å²) in [6, 6.07) is 5.21. The zero-order chi connectivity index (χ0) is 12.6. The number of hydrogen-bond donors (Lipinski definition) is 1. The van der Waals surface area contributed by atoms with Crippen molar-refractivity contribution < 1.29 is 13.6 Å². The normalized spacial score (nSPS) is 10.5. The van der Waals surface area contributed by atoms with E-state index >= 15 is 0 Å². The minimum Gasteiger partial charge on any atom is -0.396 e. The van der Waals surface area contributed by atoms with Crippen molar-refractivity contribution in [3.05, 3.63) is 50.1 Å². The van der Waals surface area contributed by atoms with E-state index in [1.54, 1.807) is 6.07 Å². The lowest BCUT2D eigenvalue weighted by atomic mass is 10.1. The van der Waals surface area contributed by atoms with Crippen molar-refractivity contribution in [2.24, 2.45) is 0 Å². The molecule has 1 aromatic carbocycles. The van der Waals surface area contributed by atoms with Gasteiger partial charge < -0.3 is 5.73 Å². The summed E-state index contributed by atoms with van der Waals surface area (Å²) in [5, 5.41) is 0. The molecule has 1 aromatic heterocycles. The van der Waals surface area contributed by atoms with Crippen molar-refractivity contribution in [1.29, 1.82) is 0 Å². The zero-order valence-corrected chi connectivity index (χ0v) is 10.7. The number of carbonyl (C=O) groups is 1. The molecular formula is C11H6BrF2NOS. The molecule has 17 heavy (non-hydrogen) atoms. The first-order valence-corrected chi connectivity index (χ1v) is 6.15. The van der Waals surface area contributed by atoms with E-state index in [4.69, 9.17) is 5.73 Å². The summed E-state index contributed by atoms with van der Waals surface area (Å²) in [6.45, 7) is 0. The van der Waals surface area contributed by atoms with Crippen LogP contribution in [0.5, 0.6) is 0 Å². The van der Waals surface area contributed by atoms with E-state index in [0.29, 0.717) is 3.79 Å². The van der Waals surface area contributed by atoms with E-state index in [0.717, 1.165) is 23.5 Å². The number of thiophene rings is 1. The van der Waals surface area contributed by atoms with Crippen LogP contribution >= 0.6 is 27.3 Å². The van der Waals surface area contributed by atoms with Gasteiger partial charge in [0.15, 0.2) is 5.82 Å². The Morgan fingerprint density at radius 2 is 1.94 bits per heavy atom. The Morgan fingerprint density at radius 1 is 1.24 bits per heavy atom. The van der Waals surface area contributed by atoms with E-state index in [2.05, 4.69) is 15.9 Å². The van der Waals surface area contributed by atoms with Gasteiger partial charge in [-0.3, -0.25) is 4.79 Å². The predicted octanol–water partition coefficient (Wildman–Crippen LogP) is 3.60. The first-order chi connectivity index (χ1) is 8.00. The third-order valence-corrected chi connectivity index (χ3v) is 3.77. The van der Waals surface area contributed by atoms with Gasteiger partial charge in [-0.2, -0.15) is 0 Å². The largest absolute Gasteiger partial charge is 0.396 e. The Hall–Kier alpha value is -1.27. The third kappa shape index (κ3) is 2.23. The second kappa shape index (κ2) is 4.54. The first-order valence-electron chi connectivity index (χ1n) is 4.54. The van der Waals surface area contributed by atoms with E-state index in [1.807, 2.05) is 0 Å². The Balaban J connectivity index is 2.54. The van der Waals surface area contributed by atoms with E-state index < -0.39 is 23.0 Å². The van der Waals surface area contributed by atoms with Crippen LogP contribution in [0, 0.1) is 11.6 Å². The molecule has 2 rings (SSSR count). The fourth-order valence-corrected chi connectivity index (χ4v) is 2.67. The highest BCUT2D eigenvalue weighted by Crippen LogP contribution is 2.27. The molecule has 0 fully saturated rings. The number of benzene rings is 1. The van der Waals surface area contributed by atoms with Crippen LogP contribution in [0.3, 0.4) is 0 Å². The molecule has 0 aliphatic carbocycles. The molecule has 0 atom stereocenters. The number of rotatable bonds is 2. The molecule has 0 aliphatic heterocycles. The van der Waals surface area contributed by atoms with Gasteiger partial charge in [0.05, 0.1) is 19.9 Å². The lowest BCUT2D eigenvalue weighted by Gasteiger charge is -2.04. The molecule has 0 radical (unpaired) electrons. The number of halogens is 3. The van der Waals surface area contributed by atoms with Gasteiger partial charge >= 0.3 is 0 Å². The first kappa shape index (κ1) is 12.2. The number of nitrogen functional groups attached to an aromatic ring is 1. The van der Waals surface area contributed by atoms with Crippen LogP contribution in [0.1, 0.15) is 15.2 Å². The van der Waals surface area contributed by atoms with E-state index in [1.165, 1.54) is 6.07 Å². The lowest BCUT2D eigenvalue weighted by Crippen LogP contribution is -2.08. The number of carbonyl (C=O) groups excluding carboxylic acids is 1. The standard InChI is InChI=1S/C11H6BrF2NOS/c12-8-4-3-7(17-8)11(16)9-5(13)1-2-6(15)10(9)14/h1-4H,15H2. The summed E-state index contributed by atoms with van der Waals surface area (Å²) >= 11 is 4.29. The zero-order valence-electron chi connectivity index (χ0n) is 8.34. The maximum absolute atomic E-state index is 13.6. The Kier molecular flexibility index (Phi) is 3.26. The molecule has 0 saturated carbocycles. The van der Waals surface area contributed by atoms with Gasteiger partial charge in [-0.05, 0) is 40.2 Å². The van der Waals surface area contributed by atoms with Crippen LogP contribution in [0.15, 0.2) is 28.1 Å². The summed E-state index contributed by atoms with van der Waals surface area (Å²) in [6.07, 6.45) is 0. The third-order valence-electron chi connectivity index (χ3n) is 2.15. The van der Waals surface area contributed by atoms with Crippen LogP contribution in [0.4, 0.5) is 14.5 Å². The van der Waals surface area contributed by atoms with Crippen molar-refractivity contribution in [3.8, 4) is 0 Å². The van der Waals surface area contributed by atoms with Gasteiger partial charge in [-0.25, -0.2) is 8.78 Å². The van der Waals surface area contributed by atoms with Crippen LogP contribution in [0.2, 0.25) is 0 Å². The van der Waals surface area contributed by atoms with Crippen molar-refractivity contribution in [2.45, 2.75) is 0 Å². The van der Waals surface area contributed by atoms with Gasteiger partial charge in [0.25, 0.3) is 0 Å². The molecule has 2 nitrogen and oxygen atoms in total. The smallest absolute Gasteiger partial charge is 0.208 e. The van der Waals surface area contributed by atoms with Crippen LogP contribution < -0.4 is 5.73 Å². The van der Waals surface area contributed by atoms with Gasteiger partial charge in [0.2, 0.25) is 5.78 Å². The molecule has 88 valence electrons. The van der Waals surface area contributed by atoms with E-state index in [9.17, 15) is 13.6 Å².